The van der Waals surface area contributed by atoms with E-state index in [-0.39, 0.29) is 17.6 Å². The summed E-state index contributed by atoms with van der Waals surface area (Å²) in [5.41, 5.74) is 2.92. The second-order valence-corrected chi connectivity index (χ2v) is 5.92. The summed E-state index contributed by atoms with van der Waals surface area (Å²) in [6.07, 6.45) is 0.527. The van der Waals surface area contributed by atoms with E-state index in [0.717, 1.165) is 22.4 Å². The fourth-order valence-electron chi connectivity index (χ4n) is 2.67. The predicted molar refractivity (Wildman–Crippen MR) is 85.0 cm³/mol. The normalized spacial score (nSPS) is 12.6. The Kier molecular flexibility index (Phi) is 6.07. The van der Waals surface area contributed by atoms with Crippen LogP contribution in [0.2, 0.25) is 5.02 Å². The lowest BCUT2D eigenvalue weighted by Gasteiger charge is -2.26. The van der Waals surface area contributed by atoms with E-state index < -0.39 is 0 Å². The van der Waals surface area contributed by atoms with Gasteiger partial charge in [0.25, 0.3) is 0 Å². The summed E-state index contributed by atoms with van der Waals surface area (Å²) in [4.78, 5) is 12.4. The average Bonchev–Trinajstić information content (AvgIpc) is 2.38. The number of hydrogen-bond donors (Lipinski definition) is 0. The highest BCUT2D eigenvalue weighted by atomic mass is 35.5. The van der Waals surface area contributed by atoms with E-state index in [9.17, 15) is 4.79 Å². The minimum Gasteiger partial charge on any atom is -0.493 e. The number of carbonyl (C=O) groups excluding carboxylic acids is 1. The predicted octanol–water partition coefficient (Wildman–Crippen LogP) is 5.07. The molecular formula is C17H25ClO2. The van der Waals surface area contributed by atoms with Crippen LogP contribution in [0.5, 0.6) is 5.75 Å². The van der Waals surface area contributed by atoms with Gasteiger partial charge in [0.05, 0.1) is 6.61 Å². The van der Waals surface area contributed by atoms with Crippen molar-refractivity contribution in [2.45, 2.75) is 53.9 Å². The quantitative estimate of drug-likeness (QED) is 0.732. The van der Waals surface area contributed by atoms with Gasteiger partial charge in [-0.3, -0.25) is 4.79 Å². The summed E-state index contributed by atoms with van der Waals surface area (Å²) >= 11 is 6.32. The summed E-state index contributed by atoms with van der Waals surface area (Å²) in [6.45, 7) is 12.5. The summed E-state index contributed by atoms with van der Waals surface area (Å²) in [5, 5.41) is 0.704. The minimum absolute atomic E-state index is 0.154. The van der Waals surface area contributed by atoms with E-state index in [2.05, 4.69) is 13.8 Å². The van der Waals surface area contributed by atoms with Crippen LogP contribution in [0, 0.1) is 19.8 Å². The van der Waals surface area contributed by atoms with Crippen molar-refractivity contribution in [3.05, 3.63) is 27.8 Å². The Labute approximate surface area is 127 Å². The van der Waals surface area contributed by atoms with Gasteiger partial charge in [0.15, 0.2) is 0 Å². The number of rotatable bonds is 6. The molecule has 1 aromatic rings. The Morgan fingerprint density at radius 1 is 1.30 bits per heavy atom. The van der Waals surface area contributed by atoms with Crippen molar-refractivity contribution in [1.82, 2.24) is 0 Å². The standard InChI is InChI=1S/C17H25ClO2/c1-7-14(19)15(10(3)4)16-12(6)13(18)9-11(5)17(16)20-8-2/h9-10,15H,7-8H2,1-6H3. The van der Waals surface area contributed by atoms with Crippen LogP contribution in [0.25, 0.3) is 0 Å². The number of ketones is 1. The largest absolute Gasteiger partial charge is 0.493 e. The molecule has 1 rings (SSSR count). The van der Waals surface area contributed by atoms with Gasteiger partial charge in [0.1, 0.15) is 11.5 Å². The Morgan fingerprint density at radius 2 is 1.90 bits per heavy atom. The van der Waals surface area contributed by atoms with Crippen LogP contribution >= 0.6 is 11.6 Å². The number of aryl methyl sites for hydroxylation is 1. The third kappa shape index (κ3) is 3.35. The molecule has 0 amide bonds. The van der Waals surface area contributed by atoms with Crippen molar-refractivity contribution in [1.29, 1.82) is 0 Å². The van der Waals surface area contributed by atoms with Crippen LogP contribution in [-0.2, 0) is 4.79 Å². The van der Waals surface area contributed by atoms with Crippen LogP contribution in [0.15, 0.2) is 6.07 Å². The van der Waals surface area contributed by atoms with Crippen molar-refractivity contribution in [3.8, 4) is 5.75 Å². The smallest absolute Gasteiger partial charge is 0.140 e. The molecule has 0 aliphatic rings. The highest BCUT2D eigenvalue weighted by Gasteiger charge is 2.29. The van der Waals surface area contributed by atoms with Crippen LogP contribution in [0.1, 0.15) is 56.7 Å². The molecule has 0 N–H and O–H groups in total. The molecule has 20 heavy (non-hydrogen) atoms. The first-order chi connectivity index (χ1) is 9.34. The monoisotopic (exact) mass is 296 g/mol. The number of halogens is 1. The molecule has 0 radical (unpaired) electrons. The van der Waals surface area contributed by atoms with Gasteiger partial charge >= 0.3 is 0 Å². The second kappa shape index (κ2) is 7.12. The lowest BCUT2D eigenvalue weighted by atomic mass is 9.80. The van der Waals surface area contributed by atoms with Gasteiger partial charge in [0, 0.05) is 22.9 Å². The maximum Gasteiger partial charge on any atom is 0.140 e. The lowest BCUT2D eigenvalue weighted by Crippen LogP contribution is -2.20. The molecule has 0 fully saturated rings. The van der Waals surface area contributed by atoms with E-state index in [1.807, 2.05) is 33.8 Å². The fraction of sp³-hybridized carbons (Fsp3) is 0.588. The van der Waals surface area contributed by atoms with E-state index in [1.54, 1.807) is 0 Å². The number of ether oxygens (including phenoxy) is 1. The van der Waals surface area contributed by atoms with Crippen molar-refractivity contribution in [2.75, 3.05) is 6.61 Å². The maximum absolute atomic E-state index is 12.4. The molecule has 1 aromatic carbocycles. The number of Topliss-reactive ketones (excluding diaryl/α,β-unsaturated/α-hetero) is 1. The van der Waals surface area contributed by atoms with Crippen molar-refractivity contribution >= 4 is 17.4 Å². The average molecular weight is 297 g/mol. The molecule has 0 saturated heterocycles. The highest BCUT2D eigenvalue weighted by Crippen LogP contribution is 2.41. The minimum atomic E-state index is -0.154. The zero-order chi connectivity index (χ0) is 15.4. The second-order valence-electron chi connectivity index (χ2n) is 5.52. The first-order valence-corrected chi connectivity index (χ1v) is 7.67. The molecule has 1 unspecified atom stereocenters. The Balaban J connectivity index is 3.56. The SMILES string of the molecule is CCOc1c(C)cc(Cl)c(C)c1C(C(=O)CC)C(C)C. The third-order valence-corrected chi connectivity index (χ3v) is 4.06. The van der Waals surface area contributed by atoms with E-state index >= 15 is 0 Å². The molecule has 0 aliphatic heterocycles. The van der Waals surface area contributed by atoms with Gasteiger partial charge in [-0.15, -0.1) is 0 Å². The number of carbonyl (C=O) groups is 1. The van der Waals surface area contributed by atoms with Gasteiger partial charge < -0.3 is 4.74 Å². The lowest BCUT2D eigenvalue weighted by molar-refractivity contribution is -0.121. The fourth-order valence-corrected chi connectivity index (χ4v) is 2.94. The maximum atomic E-state index is 12.4. The first-order valence-electron chi connectivity index (χ1n) is 7.30. The zero-order valence-electron chi connectivity index (χ0n) is 13.3. The molecule has 0 saturated carbocycles. The van der Waals surface area contributed by atoms with Crippen LogP contribution < -0.4 is 4.74 Å². The van der Waals surface area contributed by atoms with Crippen LogP contribution in [0.3, 0.4) is 0 Å². The van der Waals surface area contributed by atoms with Crippen molar-refractivity contribution in [3.63, 3.8) is 0 Å². The van der Waals surface area contributed by atoms with E-state index in [0.29, 0.717) is 18.1 Å². The summed E-state index contributed by atoms with van der Waals surface area (Å²) in [6, 6.07) is 1.92. The van der Waals surface area contributed by atoms with Gasteiger partial charge in [-0.05, 0) is 43.9 Å². The molecule has 0 aliphatic carbocycles. The Hall–Kier alpha value is -1.02. The molecule has 0 aromatic heterocycles. The Bertz CT molecular complexity index is 492. The van der Waals surface area contributed by atoms with Gasteiger partial charge in [-0.2, -0.15) is 0 Å². The first kappa shape index (κ1) is 17.0. The summed E-state index contributed by atoms with van der Waals surface area (Å²) < 4.78 is 5.82. The number of benzene rings is 1. The summed E-state index contributed by atoms with van der Waals surface area (Å²) in [5.74, 6) is 1.14. The molecular weight excluding hydrogens is 272 g/mol. The van der Waals surface area contributed by atoms with Crippen molar-refractivity contribution < 1.29 is 9.53 Å². The van der Waals surface area contributed by atoms with E-state index in [4.69, 9.17) is 16.3 Å². The molecule has 0 spiro atoms. The number of hydrogen-bond acceptors (Lipinski definition) is 2. The molecule has 0 heterocycles. The molecule has 2 nitrogen and oxygen atoms in total. The molecule has 0 bridgehead atoms. The van der Waals surface area contributed by atoms with Crippen LogP contribution in [-0.4, -0.2) is 12.4 Å². The van der Waals surface area contributed by atoms with E-state index in [1.165, 1.54) is 0 Å². The van der Waals surface area contributed by atoms with Gasteiger partial charge in [-0.1, -0.05) is 32.4 Å². The molecule has 3 heteroatoms. The Morgan fingerprint density at radius 3 is 2.35 bits per heavy atom. The summed E-state index contributed by atoms with van der Waals surface area (Å²) in [7, 11) is 0. The molecule has 112 valence electrons. The van der Waals surface area contributed by atoms with Crippen LogP contribution in [0.4, 0.5) is 0 Å². The zero-order valence-corrected chi connectivity index (χ0v) is 14.1. The van der Waals surface area contributed by atoms with Crippen molar-refractivity contribution in [2.24, 2.45) is 5.92 Å². The third-order valence-electron chi connectivity index (χ3n) is 3.67. The topological polar surface area (TPSA) is 26.3 Å². The van der Waals surface area contributed by atoms with Gasteiger partial charge in [-0.25, -0.2) is 0 Å². The molecule has 1 atom stereocenters. The highest BCUT2D eigenvalue weighted by molar-refractivity contribution is 6.31. The van der Waals surface area contributed by atoms with Gasteiger partial charge in [0.2, 0.25) is 0 Å².